The lowest BCUT2D eigenvalue weighted by Crippen LogP contribution is -2.50. The average molecular weight is 780 g/mol. The Bertz CT molecular complexity index is 2010. The third-order valence-corrected chi connectivity index (χ3v) is 11.3. The van der Waals surface area contributed by atoms with Crippen LogP contribution < -0.4 is 24.3 Å². The molecule has 1 N–H and O–H groups in total. The van der Waals surface area contributed by atoms with Crippen LogP contribution in [0.3, 0.4) is 0 Å². The van der Waals surface area contributed by atoms with Crippen molar-refractivity contribution < 1.29 is 41.1 Å². The zero-order valence-electron chi connectivity index (χ0n) is 32.6. The van der Waals surface area contributed by atoms with Crippen molar-refractivity contribution in [1.82, 2.24) is 19.4 Å². The van der Waals surface area contributed by atoms with E-state index in [0.717, 1.165) is 54.7 Å². The Morgan fingerprint density at radius 3 is 2.22 bits per heavy atom. The van der Waals surface area contributed by atoms with Gasteiger partial charge in [0.05, 0.1) is 52.3 Å². The third kappa shape index (κ3) is 8.80. The minimum Gasteiger partial charge on any atom is -0.497 e. The second-order valence-electron chi connectivity index (χ2n) is 14.0. The molecule has 15 heteroatoms. The van der Waals surface area contributed by atoms with E-state index in [1.54, 1.807) is 19.2 Å². The number of amides is 1. The Labute approximate surface area is 323 Å². The van der Waals surface area contributed by atoms with Gasteiger partial charge < -0.3 is 43.4 Å². The molecule has 55 heavy (non-hydrogen) atoms. The van der Waals surface area contributed by atoms with E-state index in [9.17, 15) is 13.2 Å². The summed E-state index contributed by atoms with van der Waals surface area (Å²) in [4.78, 5) is 23.2. The number of nitrogens with one attached hydrogen (secondary N) is 1. The molecule has 3 heterocycles. The number of hydrogen-bond acceptors (Lipinski definition) is 12. The Morgan fingerprint density at radius 1 is 0.909 bits per heavy atom. The minimum atomic E-state index is -4.01. The highest BCUT2D eigenvalue weighted by molar-refractivity contribution is 7.86. The van der Waals surface area contributed by atoms with E-state index >= 15 is 0 Å². The number of imidazole rings is 1. The molecule has 2 aliphatic rings. The van der Waals surface area contributed by atoms with E-state index in [-0.39, 0.29) is 18.2 Å². The van der Waals surface area contributed by atoms with Crippen molar-refractivity contribution in [3.8, 4) is 23.0 Å². The Kier molecular flexibility index (Phi) is 12.7. The summed E-state index contributed by atoms with van der Waals surface area (Å²) in [6.45, 7) is 6.57. The van der Waals surface area contributed by atoms with E-state index in [0.29, 0.717) is 62.1 Å². The average Bonchev–Trinajstić information content (AvgIpc) is 3.73. The predicted molar refractivity (Wildman–Crippen MR) is 210 cm³/mol. The molecule has 0 radical (unpaired) electrons. The second kappa shape index (κ2) is 17.5. The van der Waals surface area contributed by atoms with E-state index in [1.165, 1.54) is 26.2 Å². The first-order chi connectivity index (χ1) is 26.5. The van der Waals surface area contributed by atoms with Crippen molar-refractivity contribution in [3.63, 3.8) is 0 Å². The predicted octanol–water partition coefficient (Wildman–Crippen LogP) is 5.16. The van der Waals surface area contributed by atoms with Gasteiger partial charge in [0.25, 0.3) is 16.0 Å². The number of carbonyl (C=O) groups is 1. The summed E-state index contributed by atoms with van der Waals surface area (Å²) >= 11 is 0. The van der Waals surface area contributed by atoms with Crippen LogP contribution in [-0.4, -0.2) is 120 Å². The topological polar surface area (TPSA) is 143 Å². The second-order valence-corrected chi connectivity index (χ2v) is 15.6. The number of aromatic nitrogens is 2. The SMILES string of the molecule is CCOCCn1c(NC2CCN(CCC3(c4ccc(OC)cc4)CCN(C(=O)c4cc(OC)c(OC)c(OC)c4)C3OS(C)(=O)=O)CC2)nc2ccccc21. The lowest BCUT2D eigenvalue weighted by molar-refractivity contribution is 0.0138. The number of ether oxygens (including phenoxy) is 5. The van der Waals surface area contributed by atoms with E-state index in [1.807, 2.05) is 49.4 Å². The quantitative estimate of drug-likeness (QED) is 0.112. The number of carbonyl (C=O) groups excluding carboxylic acids is 1. The first kappa shape index (κ1) is 40.1. The van der Waals surface area contributed by atoms with Crippen molar-refractivity contribution in [1.29, 1.82) is 0 Å². The van der Waals surface area contributed by atoms with Crippen LogP contribution in [0.25, 0.3) is 11.0 Å². The Hall–Kier alpha value is -4.57. The number of para-hydroxylation sites is 2. The summed E-state index contributed by atoms with van der Waals surface area (Å²) < 4.78 is 61.7. The smallest absolute Gasteiger partial charge is 0.266 e. The van der Waals surface area contributed by atoms with Gasteiger partial charge in [-0.1, -0.05) is 24.3 Å². The van der Waals surface area contributed by atoms with Gasteiger partial charge in [-0.25, -0.2) is 9.17 Å². The molecule has 1 amide bonds. The number of piperidine rings is 1. The molecule has 2 aliphatic heterocycles. The highest BCUT2D eigenvalue weighted by Crippen LogP contribution is 2.46. The summed E-state index contributed by atoms with van der Waals surface area (Å²) in [7, 11) is 2.03. The fourth-order valence-electron chi connectivity index (χ4n) is 7.90. The van der Waals surface area contributed by atoms with Crippen molar-refractivity contribution in [2.45, 2.75) is 56.8 Å². The maximum absolute atomic E-state index is 14.4. The van der Waals surface area contributed by atoms with E-state index < -0.39 is 27.7 Å². The molecule has 2 saturated heterocycles. The van der Waals surface area contributed by atoms with Crippen LogP contribution >= 0.6 is 0 Å². The fourth-order valence-corrected chi connectivity index (χ4v) is 8.52. The third-order valence-electron chi connectivity index (χ3n) is 10.8. The molecule has 2 fully saturated rings. The lowest BCUT2D eigenvalue weighted by Gasteiger charge is -2.40. The van der Waals surface area contributed by atoms with Crippen LogP contribution in [0.15, 0.2) is 60.7 Å². The maximum Gasteiger partial charge on any atom is 0.266 e. The summed E-state index contributed by atoms with van der Waals surface area (Å²) in [5, 5.41) is 3.72. The van der Waals surface area contributed by atoms with Gasteiger partial charge >= 0.3 is 0 Å². The van der Waals surface area contributed by atoms with Gasteiger partial charge in [0.1, 0.15) is 5.75 Å². The van der Waals surface area contributed by atoms with Crippen LogP contribution in [-0.2, 0) is 31.0 Å². The van der Waals surface area contributed by atoms with Crippen LogP contribution in [0.5, 0.6) is 23.0 Å². The summed E-state index contributed by atoms with van der Waals surface area (Å²) in [5.74, 6) is 2.07. The molecule has 0 spiro atoms. The highest BCUT2D eigenvalue weighted by atomic mass is 32.2. The standard InChI is InChI=1S/C40H53N5O9S/c1-7-53-25-24-44-33-11-9-8-10-32(33)42-39(44)41-30-16-20-43(21-17-30)22-18-40(29-12-14-31(49-2)15-13-29)19-23-45(38(40)54-55(6,47)48)37(46)28-26-34(50-3)36(52-5)35(27-28)51-4/h8-15,26-27,30,38H,7,16-25H2,1-6H3,(H,41,42). The molecule has 3 aromatic carbocycles. The molecule has 2 atom stereocenters. The van der Waals surface area contributed by atoms with Crippen molar-refractivity contribution in [2.24, 2.45) is 0 Å². The molecule has 298 valence electrons. The Morgan fingerprint density at radius 2 is 1.60 bits per heavy atom. The molecule has 0 aliphatic carbocycles. The van der Waals surface area contributed by atoms with Gasteiger partial charge in [0, 0.05) is 49.8 Å². The maximum atomic E-state index is 14.4. The fraction of sp³-hybridized carbons (Fsp3) is 0.500. The molecule has 0 bridgehead atoms. The minimum absolute atomic E-state index is 0.230. The van der Waals surface area contributed by atoms with Crippen LogP contribution in [0, 0.1) is 0 Å². The summed E-state index contributed by atoms with van der Waals surface area (Å²) in [5.41, 5.74) is 2.29. The monoisotopic (exact) mass is 779 g/mol. The number of fused-ring (bicyclic) bond motifs is 1. The highest BCUT2D eigenvalue weighted by Gasteiger charge is 2.53. The van der Waals surface area contributed by atoms with Crippen LogP contribution in [0.4, 0.5) is 5.95 Å². The van der Waals surface area contributed by atoms with Crippen molar-refractivity contribution in [3.05, 3.63) is 71.8 Å². The number of methoxy groups -OCH3 is 4. The number of hydrogen-bond donors (Lipinski definition) is 1. The van der Waals surface area contributed by atoms with Gasteiger partial charge in [0.15, 0.2) is 17.7 Å². The Balaban J connectivity index is 1.23. The molecule has 14 nitrogen and oxygen atoms in total. The molecular formula is C40H53N5O9S. The number of nitrogens with zero attached hydrogens (tertiary/aromatic N) is 4. The zero-order chi connectivity index (χ0) is 39.2. The molecule has 6 rings (SSSR count). The first-order valence-electron chi connectivity index (χ1n) is 18.7. The normalized spacial score (nSPS) is 19.5. The number of likely N-dealkylation sites (tertiary alicyclic amines) is 2. The number of rotatable bonds is 17. The van der Waals surface area contributed by atoms with Gasteiger partial charge in [-0.2, -0.15) is 8.42 Å². The summed E-state index contributed by atoms with van der Waals surface area (Å²) in [6.07, 6.45) is 2.73. The van der Waals surface area contributed by atoms with Gasteiger partial charge in [0.2, 0.25) is 11.7 Å². The molecule has 4 aromatic rings. The van der Waals surface area contributed by atoms with Gasteiger partial charge in [-0.05, 0) is 81.1 Å². The first-order valence-corrected chi connectivity index (χ1v) is 20.5. The molecule has 1 aromatic heterocycles. The zero-order valence-corrected chi connectivity index (χ0v) is 33.4. The van der Waals surface area contributed by atoms with E-state index in [4.69, 9.17) is 32.9 Å². The number of benzene rings is 3. The molecular weight excluding hydrogens is 727 g/mol. The van der Waals surface area contributed by atoms with Crippen molar-refractivity contribution >= 4 is 33.0 Å². The molecule has 2 unspecified atom stereocenters. The van der Waals surface area contributed by atoms with Gasteiger partial charge in [-0.15, -0.1) is 0 Å². The van der Waals surface area contributed by atoms with Crippen LogP contribution in [0.1, 0.15) is 48.5 Å². The van der Waals surface area contributed by atoms with Crippen molar-refractivity contribution in [2.75, 3.05) is 79.4 Å². The lowest BCUT2D eigenvalue weighted by atomic mass is 9.75. The number of anilines is 1. The largest absolute Gasteiger partial charge is 0.497 e. The van der Waals surface area contributed by atoms with Crippen LogP contribution in [0.2, 0.25) is 0 Å². The van der Waals surface area contributed by atoms with Gasteiger partial charge in [-0.3, -0.25) is 4.79 Å². The summed E-state index contributed by atoms with van der Waals surface area (Å²) in [6, 6.07) is 19.1. The van der Waals surface area contributed by atoms with E-state index in [2.05, 4.69) is 20.9 Å². The molecule has 0 saturated carbocycles.